The van der Waals surface area contributed by atoms with Gasteiger partial charge in [0.1, 0.15) is 30.3 Å². The minimum Gasteiger partial charge on any atom is -0.497 e. The van der Waals surface area contributed by atoms with Gasteiger partial charge in [0.2, 0.25) is 17.7 Å². The van der Waals surface area contributed by atoms with Crippen LogP contribution in [-0.4, -0.2) is 69.1 Å². The molecular formula is C28H25ClFN7O5. The van der Waals surface area contributed by atoms with Crippen LogP contribution in [0.4, 0.5) is 16.2 Å². The molecule has 0 aliphatic carbocycles. The van der Waals surface area contributed by atoms with Gasteiger partial charge in [-0.15, -0.1) is 0 Å². The van der Waals surface area contributed by atoms with E-state index in [0.717, 1.165) is 5.56 Å². The molecule has 2 aromatic carbocycles. The van der Waals surface area contributed by atoms with E-state index in [-0.39, 0.29) is 35.7 Å². The van der Waals surface area contributed by atoms with Gasteiger partial charge in [0.05, 0.1) is 43.8 Å². The molecule has 0 bridgehead atoms. The highest BCUT2D eigenvalue weighted by molar-refractivity contribution is 6.33. The van der Waals surface area contributed by atoms with E-state index >= 15 is 0 Å². The molecular weight excluding hydrogens is 569 g/mol. The molecule has 2 aromatic heterocycles. The average Bonchev–Trinajstić information content (AvgIpc) is 3.30. The number of carbonyl (C=O) groups excluding carboxylic acids is 2. The summed E-state index contributed by atoms with van der Waals surface area (Å²) in [7, 11) is 2.88. The summed E-state index contributed by atoms with van der Waals surface area (Å²) in [5, 5.41) is 15.7. The molecule has 1 unspecified atom stereocenters. The number of anilines is 2. The third-order valence-corrected chi connectivity index (χ3v) is 6.76. The van der Waals surface area contributed by atoms with Crippen molar-refractivity contribution in [1.29, 1.82) is 0 Å². The number of nitrogens with zero attached hydrogens (tertiary/aromatic N) is 5. The molecule has 3 N–H and O–H groups in total. The van der Waals surface area contributed by atoms with Gasteiger partial charge in [0.25, 0.3) is 5.91 Å². The largest absolute Gasteiger partial charge is 0.497 e. The topological polar surface area (TPSA) is 152 Å². The lowest BCUT2D eigenvalue weighted by Crippen LogP contribution is -2.40. The molecule has 0 radical (unpaired) electrons. The molecule has 1 aliphatic heterocycles. The number of ether oxygens (including phenoxy) is 2. The second-order valence-electron chi connectivity index (χ2n) is 9.22. The Hall–Kier alpha value is -4.88. The van der Waals surface area contributed by atoms with Crippen molar-refractivity contribution in [2.45, 2.75) is 12.6 Å². The number of hydrogen-bond acceptors (Lipinski definition) is 10. The molecule has 0 spiro atoms. The maximum Gasteiger partial charge on any atom is 0.254 e. The molecule has 12 nitrogen and oxygen atoms in total. The Bertz CT molecular complexity index is 1660. The number of methoxy groups -OCH3 is 2. The van der Waals surface area contributed by atoms with E-state index in [4.69, 9.17) is 21.1 Å². The van der Waals surface area contributed by atoms with E-state index in [1.54, 1.807) is 24.3 Å². The molecule has 216 valence electrons. The Labute approximate surface area is 244 Å². The first-order valence-corrected chi connectivity index (χ1v) is 13.0. The highest BCUT2D eigenvalue weighted by Gasteiger charge is 2.30. The van der Waals surface area contributed by atoms with Crippen molar-refractivity contribution in [2.75, 3.05) is 32.7 Å². The van der Waals surface area contributed by atoms with Gasteiger partial charge in [-0.25, -0.2) is 24.3 Å². The van der Waals surface area contributed by atoms with Crippen LogP contribution in [0.15, 0.2) is 55.0 Å². The van der Waals surface area contributed by atoms with Crippen molar-refractivity contribution in [3.05, 3.63) is 82.5 Å². The van der Waals surface area contributed by atoms with E-state index in [0.29, 0.717) is 34.1 Å². The first kappa shape index (κ1) is 28.6. The van der Waals surface area contributed by atoms with Gasteiger partial charge in [0.15, 0.2) is 0 Å². The molecule has 3 heterocycles. The van der Waals surface area contributed by atoms with Crippen LogP contribution in [0.2, 0.25) is 5.02 Å². The van der Waals surface area contributed by atoms with E-state index in [1.807, 2.05) is 0 Å². The summed E-state index contributed by atoms with van der Waals surface area (Å²) >= 11 is 6.41. The smallest absolute Gasteiger partial charge is 0.254 e. The number of hydrogen-bond donors (Lipinski definition) is 3. The normalized spacial score (nSPS) is 13.0. The second kappa shape index (κ2) is 12.3. The highest BCUT2D eigenvalue weighted by atomic mass is 35.5. The number of nitrogens with one attached hydrogen (secondary N) is 2. The van der Waals surface area contributed by atoms with E-state index in [2.05, 4.69) is 30.6 Å². The lowest BCUT2D eigenvalue weighted by Gasteiger charge is -2.20. The first-order valence-electron chi connectivity index (χ1n) is 12.6. The number of carbonyl (C=O) groups is 2. The molecule has 2 amide bonds. The molecule has 0 saturated heterocycles. The molecule has 1 aliphatic rings. The zero-order valence-electron chi connectivity index (χ0n) is 22.5. The fraction of sp³-hybridized carbons (Fsp3) is 0.214. The molecule has 42 heavy (non-hydrogen) atoms. The Kier molecular flexibility index (Phi) is 8.41. The van der Waals surface area contributed by atoms with E-state index in [1.165, 1.54) is 49.8 Å². The number of aliphatic hydroxyl groups is 1. The third-order valence-electron chi connectivity index (χ3n) is 6.48. The number of amides is 2. The second-order valence-corrected chi connectivity index (χ2v) is 9.63. The average molecular weight is 594 g/mol. The van der Waals surface area contributed by atoms with Crippen molar-refractivity contribution >= 4 is 35.2 Å². The van der Waals surface area contributed by atoms with Gasteiger partial charge in [0, 0.05) is 29.8 Å². The van der Waals surface area contributed by atoms with Gasteiger partial charge in [-0.2, -0.15) is 0 Å². The zero-order chi connectivity index (χ0) is 29.8. The molecule has 14 heteroatoms. The van der Waals surface area contributed by atoms with Crippen LogP contribution in [-0.2, 0) is 11.3 Å². The summed E-state index contributed by atoms with van der Waals surface area (Å²) in [4.78, 5) is 44.2. The number of aromatic nitrogens is 4. The SMILES string of the molecule is COc1cc(F)cc(C(CO)NC(=O)CN2Cc3ccc(-c4nc(Nc5cc(OC)ncn5)ncc4Cl)cc3C2=O)c1. The van der Waals surface area contributed by atoms with Gasteiger partial charge >= 0.3 is 0 Å². The van der Waals surface area contributed by atoms with Crippen LogP contribution in [0.5, 0.6) is 11.6 Å². The quantitative estimate of drug-likeness (QED) is 0.250. The van der Waals surface area contributed by atoms with E-state index < -0.39 is 24.4 Å². The Balaban J connectivity index is 1.30. The molecule has 1 atom stereocenters. The van der Waals surface area contributed by atoms with Gasteiger partial charge in [-0.3, -0.25) is 9.59 Å². The summed E-state index contributed by atoms with van der Waals surface area (Å²) in [6.45, 7) is -0.535. The summed E-state index contributed by atoms with van der Waals surface area (Å²) in [5.41, 5.74) is 2.42. The van der Waals surface area contributed by atoms with Crippen molar-refractivity contribution < 1.29 is 28.6 Å². The summed E-state index contributed by atoms with van der Waals surface area (Å²) in [6, 6.07) is 9.82. The summed E-state index contributed by atoms with van der Waals surface area (Å²) in [5.74, 6) is -0.208. The van der Waals surface area contributed by atoms with Gasteiger partial charge in [-0.05, 0) is 29.3 Å². The van der Waals surface area contributed by atoms with Crippen molar-refractivity contribution in [3.8, 4) is 22.9 Å². The zero-order valence-corrected chi connectivity index (χ0v) is 23.2. The van der Waals surface area contributed by atoms with Crippen LogP contribution in [0.25, 0.3) is 11.3 Å². The predicted octanol–water partition coefficient (Wildman–Crippen LogP) is 3.29. The highest BCUT2D eigenvalue weighted by Crippen LogP contribution is 2.32. The third kappa shape index (κ3) is 6.21. The summed E-state index contributed by atoms with van der Waals surface area (Å²) in [6.07, 6.45) is 2.76. The fourth-order valence-corrected chi connectivity index (χ4v) is 4.65. The molecule has 0 saturated carbocycles. The number of fused-ring (bicyclic) bond motifs is 1. The number of rotatable bonds is 10. The number of aliphatic hydroxyl groups excluding tert-OH is 1. The minimum absolute atomic E-state index is 0.208. The monoisotopic (exact) mass is 593 g/mol. The summed E-state index contributed by atoms with van der Waals surface area (Å²) < 4.78 is 24.1. The van der Waals surface area contributed by atoms with Crippen molar-refractivity contribution in [2.24, 2.45) is 0 Å². The predicted molar refractivity (Wildman–Crippen MR) is 150 cm³/mol. The minimum atomic E-state index is -0.889. The molecule has 4 aromatic rings. The maximum absolute atomic E-state index is 14.0. The maximum atomic E-state index is 14.0. The van der Waals surface area contributed by atoms with Crippen LogP contribution in [0.1, 0.15) is 27.5 Å². The number of halogens is 2. The Morgan fingerprint density at radius 3 is 2.74 bits per heavy atom. The lowest BCUT2D eigenvalue weighted by molar-refractivity contribution is -0.122. The van der Waals surface area contributed by atoms with Crippen LogP contribution >= 0.6 is 11.6 Å². The first-order chi connectivity index (χ1) is 20.3. The van der Waals surface area contributed by atoms with Crippen LogP contribution < -0.4 is 20.1 Å². The fourth-order valence-electron chi connectivity index (χ4n) is 4.45. The standard InChI is InChI=1S/C28H25ClFN7O5/c1-41-19-6-17(5-18(30)8-19)22(13-38)34-24(39)12-37-11-16-4-3-15(7-20(16)27(37)40)26-21(29)10-31-28(36-26)35-23-9-25(42-2)33-14-32-23/h3-10,14,22,38H,11-13H2,1-2H3,(H,34,39)(H,31,32,33,35,36). The van der Waals surface area contributed by atoms with Crippen LogP contribution in [0, 0.1) is 5.82 Å². The van der Waals surface area contributed by atoms with Crippen molar-refractivity contribution in [1.82, 2.24) is 30.2 Å². The van der Waals surface area contributed by atoms with Crippen LogP contribution in [0.3, 0.4) is 0 Å². The number of benzene rings is 2. The Morgan fingerprint density at radius 1 is 1.14 bits per heavy atom. The van der Waals surface area contributed by atoms with E-state index in [9.17, 15) is 19.1 Å². The lowest BCUT2D eigenvalue weighted by atomic mass is 10.0. The van der Waals surface area contributed by atoms with Crippen molar-refractivity contribution in [3.63, 3.8) is 0 Å². The Morgan fingerprint density at radius 2 is 1.98 bits per heavy atom. The molecule has 0 fully saturated rings. The van der Waals surface area contributed by atoms with Gasteiger partial charge in [-0.1, -0.05) is 23.7 Å². The van der Waals surface area contributed by atoms with Gasteiger partial charge < -0.3 is 30.1 Å². The molecule has 5 rings (SSSR count).